The van der Waals surface area contributed by atoms with Crippen molar-refractivity contribution in [1.29, 1.82) is 0 Å². The highest BCUT2D eigenvalue weighted by atomic mass is 16.0. The fourth-order valence-electron chi connectivity index (χ4n) is 3.87. The summed E-state index contributed by atoms with van der Waals surface area (Å²) in [4.78, 5) is 0. The molecule has 0 atom stereocenters. The van der Waals surface area contributed by atoms with Crippen molar-refractivity contribution in [3.8, 4) is 0 Å². The number of quaternary nitrogens is 1. The molecule has 0 amide bonds. The van der Waals surface area contributed by atoms with Crippen molar-refractivity contribution in [3.05, 3.63) is 30.3 Å². The summed E-state index contributed by atoms with van der Waals surface area (Å²) in [6.07, 6.45) is 13.8. The molecule has 1 aromatic rings. The van der Waals surface area contributed by atoms with E-state index in [2.05, 4.69) is 51.1 Å². The van der Waals surface area contributed by atoms with E-state index in [4.69, 9.17) is 0 Å². The minimum atomic E-state index is 0. The van der Waals surface area contributed by atoms with Gasteiger partial charge in [-0.25, -0.2) is 0 Å². The van der Waals surface area contributed by atoms with E-state index in [0.29, 0.717) is 0 Å². The Balaban J connectivity index is 0.00000529. The van der Waals surface area contributed by atoms with Gasteiger partial charge < -0.3 is 5.48 Å². The highest BCUT2D eigenvalue weighted by molar-refractivity contribution is 5.42. The van der Waals surface area contributed by atoms with Crippen LogP contribution in [0.25, 0.3) is 0 Å². The van der Waals surface area contributed by atoms with Gasteiger partial charge >= 0.3 is 0 Å². The van der Waals surface area contributed by atoms with Crippen LogP contribution in [-0.4, -0.2) is 25.1 Å². The molecule has 0 saturated carbocycles. The maximum atomic E-state index is 2.34. The number of para-hydroxylation sites is 1. The van der Waals surface area contributed by atoms with E-state index in [0.717, 1.165) is 0 Å². The standard InChI is InChI=1S/C22H40N.H2O/c1-4-7-8-9-10-11-12-16-21-23(19-5-2,20-6-3)22-17-14-13-15-18-22;/h13-15,17-18H,4-12,16,19-21H2,1-3H3;1H2/q+1;/p-1. The maximum Gasteiger partial charge on any atom is 0.132 e. The Bertz CT molecular complexity index is 371. The van der Waals surface area contributed by atoms with Crippen LogP contribution in [0.4, 0.5) is 5.69 Å². The molecule has 0 unspecified atom stereocenters. The summed E-state index contributed by atoms with van der Waals surface area (Å²) >= 11 is 0. The van der Waals surface area contributed by atoms with E-state index in [1.54, 1.807) is 0 Å². The van der Waals surface area contributed by atoms with Gasteiger partial charge in [0.15, 0.2) is 0 Å². The lowest BCUT2D eigenvalue weighted by atomic mass is 10.1. The van der Waals surface area contributed by atoms with Crippen LogP contribution in [0.3, 0.4) is 0 Å². The van der Waals surface area contributed by atoms with Crippen LogP contribution in [0.15, 0.2) is 30.3 Å². The Morgan fingerprint density at radius 2 is 1.08 bits per heavy atom. The summed E-state index contributed by atoms with van der Waals surface area (Å²) in [5, 5.41) is 0. The van der Waals surface area contributed by atoms with Crippen molar-refractivity contribution in [1.82, 2.24) is 4.48 Å². The van der Waals surface area contributed by atoms with Crippen LogP contribution < -0.4 is 4.48 Å². The number of nitrogens with zero attached hydrogens (tertiary/aromatic N) is 1. The second-order valence-electron chi connectivity index (χ2n) is 7.13. The molecule has 0 bridgehead atoms. The molecule has 2 heteroatoms. The molecule has 0 aromatic heterocycles. The second-order valence-corrected chi connectivity index (χ2v) is 7.13. The van der Waals surface area contributed by atoms with Crippen LogP contribution in [-0.2, 0) is 0 Å². The van der Waals surface area contributed by atoms with Crippen molar-refractivity contribution in [2.24, 2.45) is 0 Å². The van der Waals surface area contributed by atoms with Gasteiger partial charge in [-0.2, -0.15) is 0 Å². The Kier molecular flexibility index (Phi) is 14.0. The van der Waals surface area contributed by atoms with Crippen molar-refractivity contribution >= 4 is 5.69 Å². The molecular weight excluding hydrogens is 294 g/mol. The molecule has 140 valence electrons. The number of rotatable bonds is 14. The predicted octanol–water partition coefficient (Wildman–Crippen LogP) is 6.78. The Morgan fingerprint density at radius 1 is 0.583 bits per heavy atom. The molecule has 0 heterocycles. The molecule has 0 aliphatic heterocycles. The van der Waals surface area contributed by atoms with Crippen molar-refractivity contribution in [2.75, 3.05) is 19.6 Å². The van der Waals surface area contributed by atoms with Gasteiger partial charge in [0.05, 0.1) is 19.6 Å². The van der Waals surface area contributed by atoms with E-state index < -0.39 is 0 Å². The second kappa shape index (κ2) is 14.5. The fraction of sp³-hybridized carbons (Fsp3) is 0.727. The SMILES string of the molecule is CCCCCCCCCC[N+](CCC)(CCC)c1ccccc1.[OH-]. The molecule has 1 rings (SSSR count). The highest BCUT2D eigenvalue weighted by Crippen LogP contribution is 2.25. The topological polar surface area (TPSA) is 30.0 Å². The zero-order valence-corrected chi connectivity index (χ0v) is 16.5. The molecule has 0 radical (unpaired) electrons. The predicted molar refractivity (Wildman–Crippen MR) is 108 cm³/mol. The number of hydrogen-bond donors (Lipinski definition) is 0. The fourth-order valence-corrected chi connectivity index (χ4v) is 3.87. The first-order valence-electron chi connectivity index (χ1n) is 10.2. The third-order valence-corrected chi connectivity index (χ3v) is 5.05. The van der Waals surface area contributed by atoms with Crippen LogP contribution >= 0.6 is 0 Å². The Hall–Kier alpha value is -0.860. The van der Waals surface area contributed by atoms with Crippen LogP contribution in [0.2, 0.25) is 0 Å². The summed E-state index contributed by atoms with van der Waals surface area (Å²) in [7, 11) is 0. The molecule has 0 aliphatic rings. The summed E-state index contributed by atoms with van der Waals surface area (Å²) in [6.45, 7) is 10.9. The minimum absolute atomic E-state index is 0. The Morgan fingerprint density at radius 3 is 1.58 bits per heavy atom. The van der Waals surface area contributed by atoms with Gasteiger partial charge in [-0.1, -0.05) is 77.5 Å². The van der Waals surface area contributed by atoms with Crippen molar-refractivity contribution < 1.29 is 5.48 Å². The molecule has 2 nitrogen and oxygen atoms in total. The van der Waals surface area contributed by atoms with Gasteiger partial charge in [0, 0.05) is 0 Å². The quantitative estimate of drug-likeness (QED) is 0.272. The largest absolute Gasteiger partial charge is 0.870 e. The maximum absolute atomic E-state index is 2.34. The average molecular weight is 336 g/mol. The van der Waals surface area contributed by atoms with Crippen molar-refractivity contribution in [3.63, 3.8) is 0 Å². The number of unbranched alkanes of at least 4 members (excludes halogenated alkanes) is 7. The summed E-state index contributed by atoms with van der Waals surface area (Å²) in [5.41, 5.74) is 1.53. The van der Waals surface area contributed by atoms with Crippen LogP contribution in [0.5, 0.6) is 0 Å². The van der Waals surface area contributed by atoms with Crippen LogP contribution in [0.1, 0.15) is 85.0 Å². The van der Waals surface area contributed by atoms with Crippen molar-refractivity contribution in [2.45, 2.75) is 85.0 Å². The van der Waals surface area contributed by atoms with E-state index in [1.807, 2.05) is 0 Å². The molecule has 0 saturated heterocycles. The molecule has 1 N–H and O–H groups in total. The number of benzene rings is 1. The number of hydrogen-bond acceptors (Lipinski definition) is 1. The van der Waals surface area contributed by atoms with E-state index in [-0.39, 0.29) is 5.48 Å². The van der Waals surface area contributed by atoms with E-state index >= 15 is 0 Å². The Labute approximate surface area is 151 Å². The van der Waals surface area contributed by atoms with Gasteiger partial charge in [-0.15, -0.1) is 0 Å². The normalized spacial score (nSPS) is 11.3. The lowest BCUT2D eigenvalue weighted by Gasteiger charge is -2.38. The molecular formula is C22H41NO. The van der Waals surface area contributed by atoms with Gasteiger partial charge in [0.1, 0.15) is 5.69 Å². The van der Waals surface area contributed by atoms with Gasteiger partial charge in [0.2, 0.25) is 0 Å². The molecule has 0 spiro atoms. The summed E-state index contributed by atoms with van der Waals surface area (Å²) in [5.74, 6) is 0. The third kappa shape index (κ3) is 8.30. The molecule has 24 heavy (non-hydrogen) atoms. The zero-order valence-electron chi connectivity index (χ0n) is 16.5. The first-order chi connectivity index (χ1) is 11.3. The highest BCUT2D eigenvalue weighted by Gasteiger charge is 2.27. The molecule has 1 aromatic carbocycles. The average Bonchev–Trinajstić information content (AvgIpc) is 2.58. The zero-order chi connectivity index (χ0) is 16.8. The van der Waals surface area contributed by atoms with E-state index in [9.17, 15) is 0 Å². The van der Waals surface area contributed by atoms with Crippen LogP contribution in [0, 0.1) is 0 Å². The smallest absolute Gasteiger partial charge is 0.132 e. The van der Waals surface area contributed by atoms with E-state index in [1.165, 1.54) is 94.0 Å². The third-order valence-electron chi connectivity index (χ3n) is 5.05. The summed E-state index contributed by atoms with van der Waals surface area (Å²) < 4.78 is 1.20. The summed E-state index contributed by atoms with van der Waals surface area (Å²) in [6, 6.07) is 11.3. The van der Waals surface area contributed by atoms with Gasteiger partial charge in [0.25, 0.3) is 0 Å². The van der Waals surface area contributed by atoms with Gasteiger partial charge in [-0.3, -0.25) is 4.48 Å². The lowest BCUT2D eigenvalue weighted by molar-refractivity contribution is 0.265. The lowest BCUT2D eigenvalue weighted by Crippen LogP contribution is -2.51. The first-order valence-corrected chi connectivity index (χ1v) is 10.2. The van der Waals surface area contributed by atoms with Gasteiger partial charge in [-0.05, 0) is 37.8 Å². The molecule has 0 fully saturated rings. The first kappa shape index (κ1) is 23.1. The monoisotopic (exact) mass is 335 g/mol. The molecule has 0 aliphatic carbocycles. The minimum Gasteiger partial charge on any atom is -0.870 e.